The predicted octanol–water partition coefficient (Wildman–Crippen LogP) is 1.89. The van der Waals surface area contributed by atoms with Crippen LogP contribution in [0.2, 0.25) is 0 Å². The van der Waals surface area contributed by atoms with Crippen molar-refractivity contribution in [3.63, 3.8) is 0 Å². The Morgan fingerprint density at radius 3 is 2.50 bits per heavy atom. The summed E-state index contributed by atoms with van der Waals surface area (Å²) in [5, 5.41) is 0. The van der Waals surface area contributed by atoms with Crippen LogP contribution in [0.25, 0.3) is 9.78 Å². The number of anilines is 1. The average Bonchev–Trinajstić information content (AvgIpc) is 3.02. The van der Waals surface area contributed by atoms with Crippen molar-refractivity contribution in [3.05, 3.63) is 57.8 Å². The molecule has 3 aromatic rings. The molecule has 4 rings (SSSR count). The van der Waals surface area contributed by atoms with Gasteiger partial charge >= 0.3 is 159 Å². The molecule has 0 radical (unpaired) electrons. The van der Waals surface area contributed by atoms with Gasteiger partial charge in [0.15, 0.2) is 0 Å². The normalized spacial score (nSPS) is 15.5. The molecule has 1 fully saturated rings. The van der Waals surface area contributed by atoms with E-state index < -0.39 is 0 Å². The quantitative estimate of drug-likeness (QED) is 0.596. The van der Waals surface area contributed by atoms with E-state index in [-0.39, 0.29) is 18.9 Å². The van der Waals surface area contributed by atoms with E-state index in [1.54, 1.807) is 7.11 Å². The predicted molar refractivity (Wildman–Crippen MR) is 107 cm³/mol. The minimum atomic E-state index is -0.0564. The molecule has 1 saturated heterocycles. The Morgan fingerprint density at radius 1 is 0.962 bits per heavy atom. The molecule has 136 valence electrons. The van der Waals surface area contributed by atoms with Crippen LogP contribution in [-0.2, 0) is 6.54 Å². The van der Waals surface area contributed by atoms with Crippen molar-refractivity contribution < 1.29 is 4.74 Å². The molecule has 6 heteroatoms. The van der Waals surface area contributed by atoms with Crippen LogP contribution in [0.15, 0.2) is 53.3 Å². The van der Waals surface area contributed by atoms with Gasteiger partial charge in [0.2, 0.25) is 0 Å². The summed E-state index contributed by atoms with van der Waals surface area (Å²) in [5.41, 5.74) is 2.28. The molecule has 1 aromatic heterocycles. The van der Waals surface area contributed by atoms with Gasteiger partial charge in [0.1, 0.15) is 0 Å². The number of aromatic nitrogens is 1. The molecule has 0 aliphatic carbocycles. The zero-order valence-electron chi connectivity index (χ0n) is 14.9. The van der Waals surface area contributed by atoms with Crippen LogP contribution in [-0.4, -0.2) is 63.8 Å². The molecule has 0 saturated carbocycles. The zero-order valence-corrected chi connectivity index (χ0v) is 16.6. The molecule has 0 amide bonds. The summed E-state index contributed by atoms with van der Waals surface area (Å²) >= 11 is -0.0564. The van der Waals surface area contributed by atoms with Crippen LogP contribution < -0.4 is 14.1 Å². The number of nitrogens with zero attached hydrogens (tertiary/aromatic N) is 3. The van der Waals surface area contributed by atoms with Crippen LogP contribution in [0.5, 0.6) is 5.75 Å². The summed E-state index contributed by atoms with van der Waals surface area (Å²) in [7, 11) is 1.72. The molecule has 2 heterocycles. The number of ether oxygens (including phenoxy) is 1. The number of fused-ring (bicyclic) bond motifs is 1. The third-order valence-corrected chi connectivity index (χ3v) is 7.03. The van der Waals surface area contributed by atoms with Gasteiger partial charge in [-0.05, 0) is 0 Å². The van der Waals surface area contributed by atoms with Crippen molar-refractivity contribution in [1.82, 2.24) is 9.47 Å². The van der Waals surface area contributed by atoms with Crippen LogP contribution >= 0.6 is 0 Å². The first kappa shape index (κ1) is 17.4. The second-order valence-electron chi connectivity index (χ2n) is 6.49. The van der Waals surface area contributed by atoms with Gasteiger partial charge in [0, 0.05) is 0 Å². The first-order chi connectivity index (χ1) is 12.8. The van der Waals surface area contributed by atoms with E-state index in [1.807, 2.05) is 28.8 Å². The standard InChI is InChI=1S/C20H23N3O2Se/c1-25-18-8-4-2-6-16(18)22-13-10-21(11-14-22)12-15-23-17-7-3-5-9-19(17)26-20(23)24/h2-9H,10-15H2,1H3. The average molecular weight is 416 g/mol. The Balaban J connectivity index is 1.38. The molecule has 0 atom stereocenters. The van der Waals surface area contributed by atoms with Crippen LogP contribution in [0.3, 0.4) is 0 Å². The number of rotatable bonds is 5. The first-order valence-electron chi connectivity index (χ1n) is 8.95. The van der Waals surface area contributed by atoms with Crippen LogP contribution in [0, 0.1) is 0 Å². The van der Waals surface area contributed by atoms with Gasteiger partial charge in [-0.15, -0.1) is 0 Å². The van der Waals surface area contributed by atoms with Gasteiger partial charge in [-0.25, -0.2) is 0 Å². The van der Waals surface area contributed by atoms with Crippen molar-refractivity contribution in [1.29, 1.82) is 0 Å². The van der Waals surface area contributed by atoms with Crippen molar-refractivity contribution in [2.45, 2.75) is 6.54 Å². The summed E-state index contributed by atoms with van der Waals surface area (Å²) in [6.45, 7) is 5.69. The van der Waals surface area contributed by atoms with E-state index in [4.69, 9.17) is 4.74 Å². The van der Waals surface area contributed by atoms with E-state index in [0.29, 0.717) is 0 Å². The number of piperazine rings is 1. The number of benzene rings is 2. The number of hydrogen-bond donors (Lipinski definition) is 0. The zero-order chi connectivity index (χ0) is 17.9. The fourth-order valence-corrected chi connectivity index (χ4v) is 5.50. The van der Waals surface area contributed by atoms with E-state index in [0.717, 1.165) is 50.5 Å². The van der Waals surface area contributed by atoms with E-state index in [1.165, 1.54) is 9.95 Å². The molecule has 0 N–H and O–H groups in total. The third kappa shape index (κ3) is 3.45. The fourth-order valence-electron chi connectivity index (χ4n) is 3.57. The van der Waals surface area contributed by atoms with Gasteiger partial charge in [0.05, 0.1) is 0 Å². The molecule has 0 bridgehead atoms. The summed E-state index contributed by atoms with van der Waals surface area (Å²) in [6.07, 6.45) is 0. The molecule has 0 unspecified atom stereocenters. The van der Waals surface area contributed by atoms with Gasteiger partial charge in [0.25, 0.3) is 0 Å². The van der Waals surface area contributed by atoms with Gasteiger partial charge in [-0.1, -0.05) is 0 Å². The SMILES string of the molecule is COc1ccccc1N1CCN(CCn2c(=O)[se]c3ccccc32)CC1. The minimum absolute atomic E-state index is 0.0564. The molecule has 1 aliphatic rings. The van der Waals surface area contributed by atoms with E-state index >= 15 is 0 Å². The van der Waals surface area contributed by atoms with E-state index in [9.17, 15) is 4.79 Å². The molecular formula is C20H23N3O2Se. The Morgan fingerprint density at radius 2 is 1.69 bits per heavy atom. The Hall–Kier alpha value is -2.01. The van der Waals surface area contributed by atoms with Crippen molar-refractivity contribution >= 4 is 30.0 Å². The molecular weight excluding hydrogens is 393 g/mol. The van der Waals surface area contributed by atoms with Gasteiger partial charge in [-0.3, -0.25) is 0 Å². The second-order valence-corrected chi connectivity index (χ2v) is 8.57. The molecule has 0 spiro atoms. The summed E-state index contributed by atoms with van der Waals surface area (Å²) in [4.78, 5) is 17.2. The first-order valence-corrected chi connectivity index (χ1v) is 10.7. The van der Waals surface area contributed by atoms with Gasteiger partial charge < -0.3 is 0 Å². The number of para-hydroxylation sites is 3. The summed E-state index contributed by atoms with van der Waals surface area (Å²) in [6, 6.07) is 16.4. The Bertz CT molecular complexity index is 941. The molecule has 2 aromatic carbocycles. The molecule has 5 nitrogen and oxygen atoms in total. The fraction of sp³-hybridized carbons (Fsp3) is 0.350. The van der Waals surface area contributed by atoms with Crippen molar-refractivity contribution in [2.24, 2.45) is 0 Å². The number of methoxy groups -OCH3 is 1. The van der Waals surface area contributed by atoms with Crippen LogP contribution in [0.1, 0.15) is 0 Å². The molecule has 1 aliphatic heterocycles. The Kier molecular flexibility index (Phi) is 5.16. The Labute approximate surface area is 159 Å². The molecule has 26 heavy (non-hydrogen) atoms. The summed E-state index contributed by atoms with van der Waals surface area (Å²) in [5.74, 6) is 0.933. The summed E-state index contributed by atoms with van der Waals surface area (Å²) < 4.78 is 8.96. The van der Waals surface area contributed by atoms with Gasteiger partial charge in [-0.2, -0.15) is 0 Å². The van der Waals surface area contributed by atoms with Crippen LogP contribution in [0.4, 0.5) is 5.69 Å². The number of hydrogen-bond acceptors (Lipinski definition) is 4. The monoisotopic (exact) mass is 417 g/mol. The van der Waals surface area contributed by atoms with Crippen molar-refractivity contribution in [3.8, 4) is 5.75 Å². The van der Waals surface area contributed by atoms with E-state index in [2.05, 4.69) is 34.1 Å². The second kappa shape index (κ2) is 7.70. The maximum absolute atomic E-state index is 12.3. The maximum atomic E-state index is 12.3. The topological polar surface area (TPSA) is 37.7 Å². The third-order valence-electron chi connectivity index (χ3n) is 5.01. The van der Waals surface area contributed by atoms with Crippen molar-refractivity contribution in [2.75, 3.05) is 44.7 Å².